The number of methoxy groups -OCH3 is 1. The number of aliphatic hydroxyl groups is 1. The van der Waals surface area contributed by atoms with Gasteiger partial charge in [-0.3, -0.25) is 4.79 Å². The van der Waals surface area contributed by atoms with E-state index >= 15 is 0 Å². The predicted molar refractivity (Wildman–Crippen MR) is 65.4 cm³/mol. The smallest absolute Gasteiger partial charge is 0.246 e. The van der Waals surface area contributed by atoms with Gasteiger partial charge in [0.2, 0.25) is 5.91 Å². The normalized spacial score (nSPS) is 11.3. The van der Waals surface area contributed by atoms with Gasteiger partial charge in [0.1, 0.15) is 6.61 Å². The average Bonchev–Trinajstić information content (AvgIpc) is 2.26. The summed E-state index contributed by atoms with van der Waals surface area (Å²) < 4.78 is 4.71. The Labute approximate surface area is 102 Å². The van der Waals surface area contributed by atoms with E-state index in [1.54, 1.807) is 13.8 Å². The average molecular weight is 237 g/mol. The van der Waals surface area contributed by atoms with Crippen LogP contribution in [-0.2, 0) is 21.7 Å². The quantitative estimate of drug-likeness (QED) is 0.808. The molecule has 1 rings (SSSR count). The van der Waals surface area contributed by atoms with Crippen molar-refractivity contribution in [2.24, 2.45) is 0 Å². The van der Waals surface area contributed by atoms with E-state index in [-0.39, 0.29) is 12.5 Å². The Hall–Kier alpha value is -1.39. The molecule has 0 spiro atoms. The molecule has 0 aliphatic rings. The van der Waals surface area contributed by atoms with Crippen LogP contribution in [0, 0.1) is 0 Å². The minimum atomic E-state index is -0.835. The molecule has 1 aromatic rings. The van der Waals surface area contributed by atoms with Crippen molar-refractivity contribution in [1.29, 1.82) is 0 Å². The van der Waals surface area contributed by atoms with Gasteiger partial charge in [0.05, 0.1) is 5.60 Å². The zero-order valence-electron chi connectivity index (χ0n) is 10.5. The summed E-state index contributed by atoms with van der Waals surface area (Å²) in [5, 5.41) is 12.5. The first kappa shape index (κ1) is 13.7. The summed E-state index contributed by atoms with van der Waals surface area (Å²) in [6.07, 6.45) is 0. The van der Waals surface area contributed by atoms with Crippen molar-refractivity contribution in [1.82, 2.24) is 5.32 Å². The van der Waals surface area contributed by atoms with E-state index in [4.69, 9.17) is 4.74 Å². The van der Waals surface area contributed by atoms with Crippen LogP contribution in [0.2, 0.25) is 0 Å². The highest BCUT2D eigenvalue weighted by Crippen LogP contribution is 2.19. The summed E-state index contributed by atoms with van der Waals surface area (Å²) >= 11 is 0. The summed E-state index contributed by atoms with van der Waals surface area (Å²) in [5.41, 5.74) is 1.00. The van der Waals surface area contributed by atoms with Crippen LogP contribution in [0.5, 0.6) is 0 Å². The zero-order valence-corrected chi connectivity index (χ0v) is 10.5. The van der Waals surface area contributed by atoms with Crippen LogP contribution in [0.25, 0.3) is 0 Å². The molecule has 94 valence electrons. The standard InChI is InChI=1S/C13H19NO3/c1-13(2,16)11-6-4-10(5-7-11)8-14-12(15)9-17-3/h4-7,16H,8-9H2,1-3H3,(H,14,15). The summed E-state index contributed by atoms with van der Waals surface area (Å²) in [7, 11) is 1.48. The zero-order chi connectivity index (χ0) is 12.9. The van der Waals surface area contributed by atoms with Gasteiger partial charge in [-0.25, -0.2) is 0 Å². The number of amides is 1. The van der Waals surface area contributed by atoms with Crippen LogP contribution in [0.4, 0.5) is 0 Å². The maximum atomic E-state index is 11.2. The molecule has 0 saturated heterocycles. The van der Waals surface area contributed by atoms with Gasteiger partial charge in [-0.1, -0.05) is 24.3 Å². The summed E-state index contributed by atoms with van der Waals surface area (Å²) in [5.74, 6) is -0.140. The second-order valence-electron chi connectivity index (χ2n) is 4.47. The molecule has 0 atom stereocenters. The molecule has 4 heteroatoms. The number of carbonyl (C=O) groups is 1. The maximum Gasteiger partial charge on any atom is 0.246 e. The Morgan fingerprint density at radius 3 is 2.41 bits per heavy atom. The summed E-state index contributed by atoms with van der Waals surface area (Å²) in [6, 6.07) is 7.50. The highest BCUT2D eigenvalue weighted by atomic mass is 16.5. The third-order valence-corrected chi connectivity index (χ3v) is 2.43. The molecule has 0 radical (unpaired) electrons. The molecule has 1 aromatic carbocycles. The molecule has 0 fully saturated rings. The SMILES string of the molecule is COCC(=O)NCc1ccc(C(C)(C)O)cc1. The number of rotatable bonds is 5. The van der Waals surface area contributed by atoms with Crippen LogP contribution in [0.3, 0.4) is 0 Å². The van der Waals surface area contributed by atoms with Crippen molar-refractivity contribution >= 4 is 5.91 Å². The van der Waals surface area contributed by atoms with Gasteiger partial charge in [-0.15, -0.1) is 0 Å². The second kappa shape index (κ2) is 5.80. The number of hydrogen-bond acceptors (Lipinski definition) is 3. The van der Waals surface area contributed by atoms with E-state index in [0.717, 1.165) is 11.1 Å². The molecule has 1 amide bonds. The summed E-state index contributed by atoms with van der Waals surface area (Å²) in [6.45, 7) is 4.01. The van der Waals surface area contributed by atoms with E-state index in [9.17, 15) is 9.90 Å². The Morgan fingerprint density at radius 2 is 1.94 bits per heavy atom. The largest absolute Gasteiger partial charge is 0.386 e. The highest BCUT2D eigenvalue weighted by molar-refractivity contribution is 5.77. The predicted octanol–water partition coefficient (Wildman–Crippen LogP) is 1.18. The fourth-order valence-corrected chi connectivity index (χ4v) is 1.41. The van der Waals surface area contributed by atoms with Gasteiger partial charge in [-0.2, -0.15) is 0 Å². The number of nitrogens with one attached hydrogen (secondary N) is 1. The van der Waals surface area contributed by atoms with Gasteiger partial charge in [0.15, 0.2) is 0 Å². The molecule has 0 heterocycles. The molecule has 0 unspecified atom stereocenters. The Kier molecular flexibility index (Phi) is 4.66. The van der Waals surface area contributed by atoms with E-state index < -0.39 is 5.60 Å². The molecule has 4 nitrogen and oxygen atoms in total. The van der Waals surface area contributed by atoms with Crippen LogP contribution in [0.1, 0.15) is 25.0 Å². The maximum absolute atomic E-state index is 11.2. The Morgan fingerprint density at radius 1 is 1.35 bits per heavy atom. The topological polar surface area (TPSA) is 58.6 Å². The lowest BCUT2D eigenvalue weighted by Crippen LogP contribution is -2.26. The molecule has 0 aliphatic carbocycles. The third-order valence-electron chi connectivity index (χ3n) is 2.43. The minimum absolute atomic E-state index is 0.0712. The molecule has 0 bridgehead atoms. The highest BCUT2D eigenvalue weighted by Gasteiger charge is 2.14. The van der Waals surface area contributed by atoms with Crippen molar-refractivity contribution in [2.45, 2.75) is 26.0 Å². The van der Waals surface area contributed by atoms with Gasteiger partial charge in [-0.05, 0) is 25.0 Å². The van der Waals surface area contributed by atoms with E-state index in [1.807, 2.05) is 24.3 Å². The van der Waals surface area contributed by atoms with Gasteiger partial charge >= 0.3 is 0 Å². The fourth-order valence-electron chi connectivity index (χ4n) is 1.41. The third kappa shape index (κ3) is 4.54. The molecule has 0 aliphatic heterocycles. The molecule has 2 N–H and O–H groups in total. The fraction of sp³-hybridized carbons (Fsp3) is 0.462. The van der Waals surface area contributed by atoms with Gasteiger partial charge in [0.25, 0.3) is 0 Å². The van der Waals surface area contributed by atoms with Crippen LogP contribution >= 0.6 is 0 Å². The number of carbonyl (C=O) groups excluding carboxylic acids is 1. The minimum Gasteiger partial charge on any atom is -0.386 e. The monoisotopic (exact) mass is 237 g/mol. The Balaban J connectivity index is 2.54. The molecule has 17 heavy (non-hydrogen) atoms. The van der Waals surface area contributed by atoms with E-state index in [2.05, 4.69) is 5.32 Å². The van der Waals surface area contributed by atoms with Crippen LogP contribution in [-0.4, -0.2) is 24.7 Å². The summed E-state index contributed by atoms with van der Waals surface area (Å²) in [4.78, 5) is 11.2. The number of hydrogen-bond donors (Lipinski definition) is 2. The van der Waals surface area contributed by atoms with Crippen molar-refractivity contribution in [2.75, 3.05) is 13.7 Å². The first-order valence-corrected chi connectivity index (χ1v) is 5.51. The number of ether oxygens (including phenoxy) is 1. The first-order valence-electron chi connectivity index (χ1n) is 5.51. The number of benzene rings is 1. The molecule has 0 aromatic heterocycles. The molecular weight excluding hydrogens is 218 g/mol. The Bertz CT molecular complexity index is 365. The molecular formula is C13H19NO3. The van der Waals surface area contributed by atoms with Crippen molar-refractivity contribution in [3.8, 4) is 0 Å². The van der Waals surface area contributed by atoms with E-state index in [1.165, 1.54) is 7.11 Å². The lowest BCUT2D eigenvalue weighted by molar-refractivity contribution is -0.124. The first-order chi connectivity index (χ1) is 7.93. The second-order valence-corrected chi connectivity index (χ2v) is 4.47. The lowest BCUT2D eigenvalue weighted by Gasteiger charge is -2.17. The van der Waals surface area contributed by atoms with Crippen molar-refractivity contribution in [3.05, 3.63) is 35.4 Å². The lowest BCUT2D eigenvalue weighted by atomic mass is 9.97. The van der Waals surface area contributed by atoms with Gasteiger partial charge in [0, 0.05) is 13.7 Å². The molecule has 0 saturated carbocycles. The van der Waals surface area contributed by atoms with Crippen molar-refractivity contribution < 1.29 is 14.6 Å². The van der Waals surface area contributed by atoms with Gasteiger partial charge < -0.3 is 15.2 Å². The van der Waals surface area contributed by atoms with Crippen LogP contribution in [0.15, 0.2) is 24.3 Å². The van der Waals surface area contributed by atoms with Crippen LogP contribution < -0.4 is 5.32 Å². The van der Waals surface area contributed by atoms with E-state index in [0.29, 0.717) is 6.54 Å². The van der Waals surface area contributed by atoms with Crippen molar-refractivity contribution in [3.63, 3.8) is 0 Å².